The minimum Gasteiger partial charge on any atom is -0.205 e. The Morgan fingerprint density at radius 3 is 1.83 bits per heavy atom. The Balaban J connectivity index is 2.67. The van der Waals surface area contributed by atoms with Crippen LogP contribution < -0.4 is 0 Å². The van der Waals surface area contributed by atoms with Crippen molar-refractivity contribution in [3.63, 3.8) is 0 Å². The lowest BCUT2D eigenvalue weighted by Crippen LogP contribution is -1.94. The molecule has 0 radical (unpaired) electrons. The van der Waals surface area contributed by atoms with Crippen molar-refractivity contribution in [1.82, 2.24) is 0 Å². The van der Waals surface area contributed by atoms with E-state index in [0.717, 1.165) is 12.1 Å². The van der Waals surface area contributed by atoms with Crippen LogP contribution in [0.2, 0.25) is 0 Å². The van der Waals surface area contributed by atoms with Gasteiger partial charge in [-0.3, -0.25) is 0 Å². The molecule has 0 bridgehead atoms. The van der Waals surface area contributed by atoms with Crippen LogP contribution in [-0.4, -0.2) is 0 Å². The maximum absolute atomic E-state index is 13.6. The molecule has 2 aromatic carbocycles. The number of rotatable bonds is 1. The molecule has 0 saturated carbocycles. The zero-order valence-corrected chi connectivity index (χ0v) is 11.7. The van der Waals surface area contributed by atoms with Crippen LogP contribution in [0.5, 0.6) is 0 Å². The van der Waals surface area contributed by atoms with E-state index in [9.17, 15) is 17.6 Å². The summed E-state index contributed by atoms with van der Waals surface area (Å²) in [6.07, 6.45) is 0. The second-order valence-electron chi connectivity index (χ2n) is 3.48. The molecule has 0 nitrogen and oxygen atoms in total. The molecule has 0 unspecified atom stereocenters. The monoisotopic (exact) mass is 382 g/mol. The van der Waals surface area contributed by atoms with E-state index in [1.54, 1.807) is 0 Å². The van der Waals surface area contributed by atoms with Gasteiger partial charge in [-0.2, -0.15) is 0 Å². The van der Waals surface area contributed by atoms with Crippen molar-refractivity contribution < 1.29 is 17.6 Å². The van der Waals surface area contributed by atoms with Crippen LogP contribution in [0.3, 0.4) is 0 Å². The molecule has 18 heavy (non-hydrogen) atoms. The van der Waals surface area contributed by atoms with Gasteiger partial charge >= 0.3 is 0 Å². The molecule has 0 aliphatic carbocycles. The van der Waals surface area contributed by atoms with Gasteiger partial charge in [0.2, 0.25) is 0 Å². The molecular weight excluding hydrogens is 380 g/mol. The molecule has 0 spiro atoms. The number of benzene rings is 2. The van der Waals surface area contributed by atoms with Crippen molar-refractivity contribution in [3.8, 4) is 11.1 Å². The summed E-state index contributed by atoms with van der Waals surface area (Å²) < 4.78 is 53.0. The Morgan fingerprint density at radius 2 is 1.28 bits per heavy atom. The smallest absolute Gasteiger partial charge is 0.195 e. The Labute approximate surface area is 117 Å². The summed E-state index contributed by atoms with van der Waals surface area (Å²) in [6.45, 7) is 0. The maximum Gasteiger partial charge on any atom is 0.195 e. The largest absolute Gasteiger partial charge is 0.205 e. The van der Waals surface area contributed by atoms with Crippen LogP contribution in [0.4, 0.5) is 17.6 Å². The van der Waals surface area contributed by atoms with E-state index in [1.165, 1.54) is 12.1 Å². The van der Waals surface area contributed by atoms with Crippen molar-refractivity contribution >= 4 is 31.9 Å². The molecular formula is C12H4Br2F4. The van der Waals surface area contributed by atoms with E-state index in [1.807, 2.05) is 0 Å². The first-order chi connectivity index (χ1) is 8.41. The van der Waals surface area contributed by atoms with Gasteiger partial charge in [-0.15, -0.1) is 0 Å². The van der Waals surface area contributed by atoms with E-state index >= 15 is 0 Å². The van der Waals surface area contributed by atoms with Gasteiger partial charge in [-0.1, -0.05) is 0 Å². The molecule has 0 atom stereocenters. The molecule has 2 rings (SSSR count). The number of hydrogen-bond acceptors (Lipinski definition) is 0. The molecule has 2 aromatic rings. The van der Waals surface area contributed by atoms with Crippen LogP contribution >= 0.6 is 31.9 Å². The molecule has 0 amide bonds. The summed E-state index contributed by atoms with van der Waals surface area (Å²) in [4.78, 5) is 0. The topological polar surface area (TPSA) is 0 Å². The third kappa shape index (κ3) is 2.31. The summed E-state index contributed by atoms with van der Waals surface area (Å²) in [5.41, 5.74) is 0.0850. The van der Waals surface area contributed by atoms with Gasteiger partial charge in [0.25, 0.3) is 0 Å². The Hall–Kier alpha value is -0.880. The van der Waals surface area contributed by atoms with Crippen LogP contribution in [0.25, 0.3) is 11.1 Å². The van der Waals surface area contributed by atoms with Gasteiger partial charge in [-0.05, 0) is 61.7 Å². The molecule has 0 N–H and O–H groups in total. The Morgan fingerprint density at radius 1 is 0.722 bits per heavy atom. The van der Waals surface area contributed by atoms with Crippen molar-refractivity contribution in [2.75, 3.05) is 0 Å². The predicted octanol–water partition coefficient (Wildman–Crippen LogP) is 5.44. The van der Waals surface area contributed by atoms with Gasteiger partial charge in [0.15, 0.2) is 23.3 Å². The third-order valence-electron chi connectivity index (χ3n) is 2.33. The molecule has 94 valence electrons. The average molecular weight is 384 g/mol. The van der Waals surface area contributed by atoms with Gasteiger partial charge in [0.05, 0.1) is 8.95 Å². The van der Waals surface area contributed by atoms with Crippen molar-refractivity contribution in [1.29, 1.82) is 0 Å². The first-order valence-corrected chi connectivity index (χ1v) is 6.29. The van der Waals surface area contributed by atoms with Crippen LogP contribution in [0.15, 0.2) is 33.2 Å². The summed E-state index contributed by atoms with van der Waals surface area (Å²) in [6, 6.07) is 4.49. The van der Waals surface area contributed by atoms with E-state index in [0.29, 0.717) is 0 Å². The standard InChI is InChI=1S/C12H4Br2F4/c13-7-3-5(4-8(14)11(7)17)6-1-2-9(15)12(18)10(6)16/h1-4H. The second kappa shape index (κ2) is 5.01. The zero-order valence-electron chi connectivity index (χ0n) is 8.58. The third-order valence-corrected chi connectivity index (χ3v) is 3.48. The normalized spacial score (nSPS) is 10.8. The second-order valence-corrected chi connectivity index (χ2v) is 5.19. The fourth-order valence-electron chi connectivity index (χ4n) is 1.46. The number of halogens is 6. The molecule has 0 saturated heterocycles. The number of hydrogen-bond donors (Lipinski definition) is 0. The summed E-state index contributed by atoms with van der Waals surface area (Å²) >= 11 is 5.91. The molecule has 0 aromatic heterocycles. The lowest BCUT2D eigenvalue weighted by molar-refractivity contribution is 0.449. The predicted molar refractivity (Wildman–Crippen MR) is 67.1 cm³/mol. The van der Waals surface area contributed by atoms with Crippen molar-refractivity contribution in [3.05, 3.63) is 56.5 Å². The lowest BCUT2D eigenvalue weighted by Gasteiger charge is -2.07. The van der Waals surface area contributed by atoms with E-state index in [2.05, 4.69) is 31.9 Å². The Bertz CT molecular complexity index is 603. The van der Waals surface area contributed by atoms with E-state index in [4.69, 9.17) is 0 Å². The minimum atomic E-state index is -1.55. The highest BCUT2D eigenvalue weighted by atomic mass is 79.9. The highest BCUT2D eigenvalue weighted by Gasteiger charge is 2.16. The van der Waals surface area contributed by atoms with Gasteiger partial charge in [-0.25, -0.2) is 17.6 Å². The molecule has 0 heterocycles. The average Bonchev–Trinajstić information content (AvgIpc) is 2.33. The maximum atomic E-state index is 13.6. The zero-order chi connectivity index (χ0) is 13.4. The van der Waals surface area contributed by atoms with Crippen molar-refractivity contribution in [2.24, 2.45) is 0 Å². The van der Waals surface area contributed by atoms with Gasteiger partial charge < -0.3 is 0 Å². The van der Waals surface area contributed by atoms with E-state index in [-0.39, 0.29) is 20.1 Å². The first kappa shape index (κ1) is 13.5. The molecule has 0 aliphatic rings. The summed E-state index contributed by atoms with van der Waals surface area (Å²) in [7, 11) is 0. The fraction of sp³-hybridized carbons (Fsp3) is 0. The summed E-state index contributed by atoms with van der Waals surface area (Å²) in [5.74, 6) is -4.68. The Kier molecular flexibility index (Phi) is 3.77. The first-order valence-electron chi connectivity index (χ1n) is 4.70. The SMILES string of the molecule is Fc1ccc(-c2cc(Br)c(F)c(Br)c2)c(F)c1F. The van der Waals surface area contributed by atoms with Crippen LogP contribution in [-0.2, 0) is 0 Å². The fourth-order valence-corrected chi connectivity index (χ4v) is 2.65. The minimum absolute atomic E-state index is 0.0935. The lowest BCUT2D eigenvalue weighted by atomic mass is 10.0. The van der Waals surface area contributed by atoms with E-state index < -0.39 is 23.3 Å². The molecule has 0 fully saturated rings. The highest BCUT2D eigenvalue weighted by Crippen LogP contribution is 2.33. The summed E-state index contributed by atoms with van der Waals surface area (Å²) in [5, 5.41) is 0. The van der Waals surface area contributed by atoms with Gasteiger partial charge in [0, 0.05) is 5.56 Å². The van der Waals surface area contributed by atoms with Crippen LogP contribution in [0.1, 0.15) is 0 Å². The van der Waals surface area contributed by atoms with Crippen molar-refractivity contribution in [2.45, 2.75) is 0 Å². The molecule has 6 heteroatoms. The molecule has 0 aliphatic heterocycles. The van der Waals surface area contributed by atoms with Crippen LogP contribution in [0, 0.1) is 23.3 Å². The highest BCUT2D eigenvalue weighted by molar-refractivity contribution is 9.11. The van der Waals surface area contributed by atoms with Gasteiger partial charge in [0.1, 0.15) is 0 Å². The quantitative estimate of drug-likeness (QED) is 0.454.